The number of nitrogens with two attached hydrogens (primary N) is 1. The molecule has 0 bridgehead atoms. The highest BCUT2D eigenvalue weighted by Crippen LogP contribution is 2.36. The lowest BCUT2D eigenvalue weighted by Gasteiger charge is -2.34. The quantitative estimate of drug-likeness (QED) is 0.0872. The number of guanidine groups is 1. The van der Waals surface area contributed by atoms with E-state index in [2.05, 4.69) is 22.7 Å². The smallest absolute Gasteiger partial charge is 0.386 e. The Morgan fingerprint density at radius 3 is 2.44 bits per heavy atom. The van der Waals surface area contributed by atoms with Gasteiger partial charge in [-0.2, -0.15) is 25.8 Å². The molecule has 3 rings (SSSR count). The predicted octanol–water partition coefficient (Wildman–Crippen LogP) is 3.32. The van der Waals surface area contributed by atoms with Gasteiger partial charge in [0, 0.05) is 13.1 Å². The summed E-state index contributed by atoms with van der Waals surface area (Å²) >= 11 is 4.33. The number of hydrogen-bond acceptors (Lipinski definition) is 7. The normalized spacial score (nSPS) is 16.9. The molecule has 0 aliphatic carbocycles. The summed E-state index contributed by atoms with van der Waals surface area (Å²) in [5.74, 6) is -5.48. The molecular weight excluding hydrogens is 563 g/mol. The number of thiol groups is 1. The zero-order valence-electron chi connectivity index (χ0n) is 22.3. The number of anilines is 1. The maximum atomic E-state index is 14.1. The highest BCUT2D eigenvalue weighted by molar-refractivity contribution is 7.80. The third kappa shape index (κ3) is 7.78. The third-order valence-electron chi connectivity index (χ3n) is 6.49. The molecule has 2 aromatic rings. The summed E-state index contributed by atoms with van der Waals surface area (Å²) in [5, 5.41) is 9.63. The van der Waals surface area contributed by atoms with Crippen LogP contribution >= 0.6 is 12.6 Å². The Morgan fingerprint density at radius 1 is 1.17 bits per heavy atom. The van der Waals surface area contributed by atoms with E-state index in [1.807, 2.05) is 0 Å². The summed E-state index contributed by atoms with van der Waals surface area (Å²) < 4.78 is 41.8. The Bertz CT molecular complexity index is 1320. The Balaban J connectivity index is 1.95. The molecule has 1 heterocycles. The Labute approximate surface area is 239 Å². The first kappa shape index (κ1) is 31.5. The summed E-state index contributed by atoms with van der Waals surface area (Å²) in [6.07, 6.45) is -4.42. The van der Waals surface area contributed by atoms with Gasteiger partial charge in [0.1, 0.15) is 6.04 Å². The van der Waals surface area contributed by atoms with E-state index >= 15 is 0 Å². The number of fused-ring (bicyclic) bond motifs is 1. The van der Waals surface area contributed by atoms with Gasteiger partial charge in [0.25, 0.3) is 11.8 Å². The first-order chi connectivity index (χ1) is 19.2. The van der Waals surface area contributed by atoms with E-state index in [1.165, 1.54) is 18.9 Å². The maximum absolute atomic E-state index is 14.1. The number of hydrogen-bond donors (Lipinski definition) is 4. The molecule has 3 atom stereocenters. The molecule has 0 fully saturated rings. The zero-order valence-corrected chi connectivity index (χ0v) is 23.2. The maximum Gasteiger partial charge on any atom is 0.491 e. The van der Waals surface area contributed by atoms with Crippen molar-refractivity contribution in [2.45, 2.75) is 56.2 Å². The molecule has 0 radical (unpaired) electrons. The molecule has 3 unspecified atom stereocenters. The summed E-state index contributed by atoms with van der Waals surface area (Å²) in [7, 11) is 1.51. The fraction of sp³-hybridized carbons (Fsp3) is 0.370. The predicted molar refractivity (Wildman–Crippen MR) is 147 cm³/mol. The molecule has 0 aromatic heterocycles. The van der Waals surface area contributed by atoms with Gasteiger partial charge in [-0.25, -0.2) is 4.79 Å². The standard InChI is InChI=1S/C27H30F3N5O5S/c1-15(13-21(36)40-25(39)27(28,29)30)35-22(17-8-4-3-5-9-17)24(38)34(2)19-12-11-16(14-18(19)23(35)37)7-6-10-20(41)33-26(31)32/h3-5,8-9,11-12,14-15,20,22,41H,6-7,10,13H2,1-2H3,(H4,31,32,33). The molecule has 2 amide bonds. The number of carbonyl (C=O) groups excluding carboxylic acids is 4. The van der Waals surface area contributed by atoms with Crippen LogP contribution in [0.1, 0.15) is 53.7 Å². The van der Waals surface area contributed by atoms with Gasteiger partial charge in [-0.3, -0.25) is 19.8 Å². The Hall–Kier alpha value is -4.07. The number of likely N-dealkylation sites (N-methyl/N-ethyl adjacent to an activating group) is 1. The van der Waals surface area contributed by atoms with E-state index in [1.54, 1.807) is 48.5 Å². The third-order valence-corrected chi connectivity index (χ3v) is 6.87. The minimum Gasteiger partial charge on any atom is -0.386 e. The average molecular weight is 594 g/mol. The Kier molecular flexibility index (Phi) is 10.0. The van der Waals surface area contributed by atoms with Crippen molar-refractivity contribution < 1.29 is 37.1 Å². The molecule has 1 aliphatic rings. The minimum absolute atomic E-state index is 0.160. The van der Waals surface area contributed by atoms with Crippen LogP contribution in [0.15, 0.2) is 48.5 Å². The van der Waals surface area contributed by atoms with Gasteiger partial charge in [0.2, 0.25) is 0 Å². The summed E-state index contributed by atoms with van der Waals surface area (Å²) in [4.78, 5) is 53.7. The second-order valence-corrected chi connectivity index (χ2v) is 10.2. The number of nitrogens with one attached hydrogen (secondary N) is 2. The lowest BCUT2D eigenvalue weighted by molar-refractivity contribution is -0.202. The summed E-state index contributed by atoms with van der Waals surface area (Å²) in [5.41, 5.74) is 6.99. The molecule has 1 aliphatic heterocycles. The number of halogens is 3. The second-order valence-electron chi connectivity index (χ2n) is 9.55. The van der Waals surface area contributed by atoms with Crippen LogP contribution in [0.25, 0.3) is 0 Å². The van der Waals surface area contributed by atoms with Crippen LogP contribution < -0.4 is 16.0 Å². The molecular formula is C27H30F3N5O5S. The van der Waals surface area contributed by atoms with E-state index in [4.69, 9.17) is 11.1 Å². The number of carbonyl (C=O) groups is 4. The van der Waals surface area contributed by atoms with Gasteiger partial charge in [-0.1, -0.05) is 36.4 Å². The van der Waals surface area contributed by atoms with Crippen molar-refractivity contribution in [3.8, 4) is 0 Å². The molecule has 4 N–H and O–H groups in total. The molecule has 41 heavy (non-hydrogen) atoms. The van der Waals surface area contributed by atoms with Crippen molar-refractivity contribution in [2.75, 3.05) is 11.9 Å². The first-order valence-electron chi connectivity index (χ1n) is 12.6. The first-order valence-corrected chi connectivity index (χ1v) is 13.1. The number of aryl methyl sites for hydroxylation is 1. The van der Waals surface area contributed by atoms with Crippen molar-refractivity contribution >= 4 is 48.0 Å². The van der Waals surface area contributed by atoms with Crippen LogP contribution in [0.2, 0.25) is 0 Å². The largest absolute Gasteiger partial charge is 0.491 e. The Morgan fingerprint density at radius 2 is 1.83 bits per heavy atom. The van der Waals surface area contributed by atoms with Crippen LogP contribution in [-0.2, 0) is 25.5 Å². The lowest BCUT2D eigenvalue weighted by atomic mass is 10.00. The number of esters is 2. The van der Waals surface area contributed by atoms with E-state index in [-0.39, 0.29) is 16.9 Å². The van der Waals surface area contributed by atoms with Gasteiger partial charge in [-0.15, -0.1) is 0 Å². The number of amides is 2. The fourth-order valence-electron chi connectivity index (χ4n) is 4.57. The van der Waals surface area contributed by atoms with Crippen LogP contribution in [0, 0.1) is 5.41 Å². The number of ether oxygens (including phenoxy) is 1. The van der Waals surface area contributed by atoms with E-state index in [0.29, 0.717) is 30.5 Å². The average Bonchev–Trinajstić information content (AvgIpc) is 2.97. The van der Waals surface area contributed by atoms with Gasteiger partial charge in [-0.05, 0) is 49.4 Å². The number of rotatable bonds is 9. The van der Waals surface area contributed by atoms with Crippen molar-refractivity contribution in [2.24, 2.45) is 5.73 Å². The van der Waals surface area contributed by atoms with E-state index in [9.17, 15) is 32.3 Å². The van der Waals surface area contributed by atoms with Gasteiger partial charge >= 0.3 is 18.1 Å². The van der Waals surface area contributed by atoms with Gasteiger partial charge in [0.15, 0.2) is 5.96 Å². The molecule has 2 aromatic carbocycles. The highest BCUT2D eigenvalue weighted by Gasteiger charge is 2.44. The van der Waals surface area contributed by atoms with E-state index in [0.717, 1.165) is 10.5 Å². The number of alkyl halides is 3. The molecule has 0 saturated carbocycles. The highest BCUT2D eigenvalue weighted by atomic mass is 32.1. The SMILES string of the molecule is CC(CC(=O)OC(=O)C(F)(F)F)N1C(=O)c2cc(CCCC(S)NC(=N)N)ccc2N(C)C(=O)C1c1ccccc1. The molecule has 220 valence electrons. The molecule has 0 saturated heterocycles. The zero-order chi connectivity index (χ0) is 30.5. The lowest BCUT2D eigenvalue weighted by Crippen LogP contribution is -2.46. The van der Waals surface area contributed by atoms with Crippen LogP contribution in [0.5, 0.6) is 0 Å². The molecule has 14 heteroatoms. The van der Waals surface area contributed by atoms with E-state index < -0.39 is 48.4 Å². The van der Waals surface area contributed by atoms with Crippen LogP contribution in [0.4, 0.5) is 18.9 Å². The minimum atomic E-state index is -5.37. The monoisotopic (exact) mass is 593 g/mol. The topological polar surface area (TPSA) is 146 Å². The van der Waals surface area contributed by atoms with Crippen molar-refractivity contribution in [1.29, 1.82) is 5.41 Å². The molecule has 0 spiro atoms. The summed E-state index contributed by atoms with van der Waals surface area (Å²) in [6, 6.07) is 11.0. The van der Waals surface area contributed by atoms with Crippen LogP contribution in [-0.4, -0.2) is 59.3 Å². The van der Waals surface area contributed by atoms with Gasteiger partial charge in [0.05, 0.1) is 23.0 Å². The fourth-order valence-corrected chi connectivity index (χ4v) is 4.89. The summed E-state index contributed by atoms with van der Waals surface area (Å²) in [6.45, 7) is 1.39. The molecule has 10 nitrogen and oxygen atoms in total. The van der Waals surface area contributed by atoms with Crippen molar-refractivity contribution in [3.63, 3.8) is 0 Å². The second kappa shape index (κ2) is 13.1. The van der Waals surface area contributed by atoms with Crippen molar-refractivity contribution in [3.05, 3.63) is 65.2 Å². The number of nitrogens with zero attached hydrogens (tertiary/aromatic N) is 2. The van der Waals surface area contributed by atoms with Crippen molar-refractivity contribution in [1.82, 2.24) is 10.2 Å². The number of benzene rings is 2. The van der Waals surface area contributed by atoms with Crippen LogP contribution in [0.3, 0.4) is 0 Å². The van der Waals surface area contributed by atoms with Gasteiger partial charge < -0.3 is 25.6 Å².